The molecule has 0 N–H and O–H groups in total. The van der Waals surface area contributed by atoms with Crippen molar-refractivity contribution in [3.8, 4) is 0 Å². The van der Waals surface area contributed by atoms with Crippen molar-refractivity contribution in [2.45, 2.75) is 13.5 Å². The fourth-order valence-corrected chi connectivity index (χ4v) is 3.81. The van der Waals surface area contributed by atoms with E-state index in [2.05, 4.69) is 16.7 Å². The second-order valence-electron chi connectivity index (χ2n) is 7.62. The molecule has 0 saturated carbocycles. The molecule has 9 heteroatoms. The fourth-order valence-electron chi connectivity index (χ4n) is 3.81. The SMILES string of the molecule is C=CCn1c(C)nc2c(c1=O)c1nc3ccccc3nc1n2N=Cc1ccc(C(=O)OC)cc1. The summed E-state index contributed by atoms with van der Waals surface area (Å²) in [6.07, 6.45) is 3.27. The van der Waals surface area contributed by atoms with Gasteiger partial charge < -0.3 is 4.74 Å². The third-order valence-corrected chi connectivity index (χ3v) is 5.50. The average Bonchev–Trinajstić information content (AvgIpc) is 3.15. The van der Waals surface area contributed by atoms with Crippen molar-refractivity contribution in [3.05, 3.63) is 88.5 Å². The zero-order valence-electron chi connectivity index (χ0n) is 18.6. The van der Waals surface area contributed by atoms with Gasteiger partial charge in [-0.1, -0.05) is 30.3 Å². The fraction of sp³-hybridized carbons (Fsp3) is 0.120. The van der Waals surface area contributed by atoms with E-state index in [0.717, 1.165) is 5.56 Å². The van der Waals surface area contributed by atoms with Crippen LogP contribution in [0.25, 0.3) is 33.2 Å². The smallest absolute Gasteiger partial charge is 0.337 e. The highest BCUT2D eigenvalue weighted by atomic mass is 16.5. The number of hydrogen-bond acceptors (Lipinski definition) is 7. The van der Waals surface area contributed by atoms with Crippen LogP contribution in [0.15, 0.2) is 71.1 Å². The lowest BCUT2D eigenvalue weighted by molar-refractivity contribution is 0.0600. The highest BCUT2D eigenvalue weighted by Gasteiger charge is 2.20. The first-order valence-electron chi connectivity index (χ1n) is 10.5. The molecule has 0 radical (unpaired) electrons. The van der Waals surface area contributed by atoms with Crippen molar-refractivity contribution in [3.63, 3.8) is 0 Å². The van der Waals surface area contributed by atoms with Gasteiger partial charge in [-0.2, -0.15) is 9.78 Å². The van der Waals surface area contributed by atoms with Crippen molar-refractivity contribution in [2.24, 2.45) is 5.10 Å². The maximum absolute atomic E-state index is 13.4. The standard InChI is InChI=1S/C25H20N6O3/c1-4-13-30-15(2)27-22-20(24(30)32)21-23(29-19-8-6-5-7-18(19)28-21)31(22)26-14-16-9-11-17(12-10-16)25(33)34-3/h4-12,14H,1,13H2,2-3H3. The third kappa shape index (κ3) is 3.43. The summed E-state index contributed by atoms with van der Waals surface area (Å²) < 4.78 is 7.82. The summed E-state index contributed by atoms with van der Waals surface area (Å²) in [6, 6.07) is 14.3. The van der Waals surface area contributed by atoms with Gasteiger partial charge in [-0.3, -0.25) is 9.36 Å². The zero-order chi connectivity index (χ0) is 23.8. The normalized spacial score (nSPS) is 11.6. The van der Waals surface area contributed by atoms with Gasteiger partial charge in [0, 0.05) is 6.54 Å². The highest BCUT2D eigenvalue weighted by Crippen LogP contribution is 2.25. The van der Waals surface area contributed by atoms with Gasteiger partial charge in [0.15, 0.2) is 11.3 Å². The summed E-state index contributed by atoms with van der Waals surface area (Å²) in [6.45, 7) is 5.83. The van der Waals surface area contributed by atoms with Crippen LogP contribution in [0.1, 0.15) is 21.7 Å². The molecule has 0 fully saturated rings. The van der Waals surface area contributed by atoms with Crippen molar-refractivity contribution in [2.75, 3.05) is 7.11 Å². The van der Waals surface area contributed by atoms with Gasteiger partial charge in [0.05, 0.1) is 29.9 Å². The molecule has 3 aromatic heterocycles. The van der Waals surface area contributed by atoms with E-state index in [-0.39, 0.29) is 5.56 Å². The Morgan fingerprint density at radius 3 is 2.44 bits per heavy atom. The van der Waals surface area contributed by atoms with Gasteiger partial charge in [0.25, 0.3) is 5.56 Å². The van der Waals surface area contributed by atoms with Crippen molar-refractivity contribution in [1.29, 1.82) is 0 Å². The number of carbonyl (C=O) groups is 1. The number of hydrogen-bond donors (Lipinski definition) is 0. The minimum Gasteiger partial charge on any atom is -0.465 e. The van der Waals surface area contributed by atoms with Crippen LogP contribution < -0.4 is 5.56 Å². The van der Waals surface area contributed by atoms with E-state index in [0.29, 0.717) is 51.2 Å². The van der Waals surface area contributed by atoms with Gasteiger partial charge in [-0.25, -0.2) is 19.7 Å². The molecule has 0 aliphatic carbocycles. The molecule has 3 heterocycles. The van der Waals surface area contributed by atoms with Crippen LogP contribution in [0.2, 0.25) is 0 Å². The first-order chi connectivity index (χ1) is 16.5. The summed E-state index contributed by atoms with van der Waals surface area (Å²) >= 11 is 0. The molecule has 9 nitrogen and oxygen atoms in total. The molecule has 0 spiro atoms. The summed E-state index contributed by atoms with van der Waals surface area (Å²) in [4.78, 5) is 39.2. The number of methoxy groups -OCH3 is 1. The molecule has 34 heavy (non-hydrogen) atoms. The van der Waals surface area contributed by atoms with E-state index in [1.165, 1.54) is 11.8 Å². The Labute approximate surface area is 193 Å². The molecule has 5 rings (SSSR count). The molecule has 0 saturated heterocycles. The Kier molecular flexibility index (Phi) is 5.21. The predicted molar refractivity (Wildman–Crippen MR) is 130 cm³/mol. The number of rotatable bonds is 5. The first kappa shape index (κ1) is 21.2. The number of carbonyl (C=O) groups excluding carboxylic acids is 1. The number of aryl methyl sites for hydroxylation is 1. The topological polar surface area (TPSA) is 104 Å². The second-order valence-corrected chi connectivity index (χ2v) is 7.62. The van der Waals surface area contributed by atoms with E-state index < -0.39 is 5.97 Å². The lowest BCUT2D eigenvalue weighted by atomic mass is 10.1. The lowest BCUT2D eigenvalue weighted by Crippen LogP contribution is -2.23. The molecule has 0 bridgehead atoms. The Morgan fingerprint density at radius 2 is 1.76 bits per heavy atom. The Bertz CT molecular complexity index is 1680. The number of esters is 1. The molecule has 2 aromatic carbocycles. The van der Waals surface area contributed by atoms with Gasteiger partial charge in [0.1, 0.15) is 16.7 Å². The molecule has 0 unspecified atom stereocenters. The van der Waals surface area contributed by atoms with Crippen LogP contribution in [-0.4, -0.2) is 43.5 Å². The lowest BCUT2D eigenvalue weighted by Gasteiger charge is -2.06. The van der Waals surface area contributed by atoms with Crippen LogP contribution in [0.4, 0.5) is 0 Å². The van der Waals surface area contributed by atoms with Crippen LogP contribution in [0.5, 0.6) is 0 Å². The van der Waals surface area contributed by atoms with Crippen molar-refractivity contribution < 1.29 is 9.53 Å². The monoisotopic (exact) mass is 452 g/mol. The summed E-state index contributed by atoms with van der Waals surface area (Å²) in [7, 11) is 1.34. The highest BCUT2D eigenvalue weighted by molar-refractivity contribution is 6.05. The number of fused-ring (bicyclic) bond motifs is 4. The molecular formula is C25H20N6O3. The molecule has 0 atom stereocenters. The Balaban J connectivity index is 1.76. The number of nitrogens with zero attached hydrogens (tertiary/aromatic N) is 6. The van der Waals surface area contributed by atoms with Crippen molar-refractivity contribution in [1.82, 2.24) is 24.2 Å². The summed E-state index contributed by atoms with van der Waals surface area (Å²) in [5.41, 5.74) is 3.54. The number of aromatic nitrogens is 5. The van der Waals surface area contributed by atoms with Crippen LogP contribution in [-0.2, 0) is 11.3 Å². The second kappa shape index (κ2) is 8.36. The third-order valence-electron chi connectivity index (χ3n) is 5.50. The average molecular weight is 452 g/mol. The van der Waals surface area contributed by atoms with E-state index in [1.54, 1.807) is 48.0 Å². The number of allylic oxidation sites excluding steroid dienone is 1. The molecule has 0 aliphatic rings. The number of ether oxygens (including phenoxy) is 1. The summed E-state index contributed by atoms with van der Waals surface area (Å²) in [5, 5.41) is 4.94. The predicted octanol–water partition coefficient (Wildman–Crippen LogP) is 3.46. The summed E-state index contributed by atoms with van der Waals surface area (Å²) in [5.74, 6) is 0.118. The van der Waals surface area contributed by atoms with Crippen LogP contribution in [0.3, 0.4) is 0 Å². The molecular weight excluding hydrogens is 432 g/mol. The van der Waals surface area contributed by atoms with Gasteiger partial charge in [-0.05, 0) is 36.8 Å². The Morgan fingerprint density at radius 1 is 1.06 bits per heavy atom. The first-order valence-corrected chi connectivity index (χ1v) is 10.5. The quantitative estimate of drug-likeness (QED) is 0.230. The maximum atomic E-state index is 13.4. The van der Waals surface area contributed by atoms with Crippen LogP contribution >= 0.6 is 0 Å². The van der Waals surface area contributed by atoms with Gasteiger partial charge >= 0.3 is 5.97 Å². The number of para-hydroxylation sites is 2. The number of benzene rings is 2. The zero-order valence-corrected chi connectivity index (χ0v) is 18.6. The van der Waals surface area contributed by atoms with E-state index in [9.17, 15) is 9.59 Å². The Hall–Kier alpha value is -4.66. The van der Waals surface area contributed by atoms with Crippen LogP contribution in [0, 0.1) is 6.92 Å². The minimum atomic E-state index is -0.413. The molecule has 0 amide bonds. The maximum Gasteiger partial charge on any atom is 0.337 e. The van der Waals surface area contributed by atoms with Crippen molar-refractivity contribution >= 4 is 45.4 Å². The van der Waals surface area contributed by atoms with Gasteiger partial charge in [0.2, 0.25) is 0 Å². The van der Waals surface area contributed by atoms with Gasteiger partial charge in [-0.15, -0.1) is 6.58 Å². The van der Waals surface area contributed by atoms with E-state index in [4.69, 9.17) is 14.7 Å². The molecule has 168 valence electrons. The van der Waals surface area contributed by atoms with E-state index in [1.807, 2.05) is 24.3 Å². The molecule has 0 aliphatic heterocycles. The molecule has 5 aromatic rings. The largest absolute Gasteiger partial charge is 0.465 e. The minimum absolute atomic E-state index is 0.228. The van der Waals surface area contributed by atoms with E-state index >= 15 is 0 Å².